The first-order chi connectivity index (χ1) is 8.25. The minimum Gasteiger partial charge on any atom is -0.492 e. The molecule has 0 atom stereocenters. The summed E-state index contributed by atoms with van der Waals surface area (Å²) in [5.41, 5.74) is 1.06. The van der Waals surface area contributed by atoms with E-state index < -0.39 is 0 Å². The van der Waals surface area contributed by atoms with Gasteiger partial charge in [0.25, 0.3) is 0 Å². The van der Waals surface area contributed by atoms with Crippen LogP contribution in [-0.4, -0.2) is 44.2 Å². The molecular weight excluding hydrogens is 307 g/mol. The van der Waals surface area contributed by atoms with Gasteiger partial charge in [0.05, 0.1) is 0 Å². The van der Waals surface area contributed by atoms with Gasteiger partial charge in [-0.3, -0.25) is 4.90 Å². The summed E-state index contributed by atoms with van der Waals surface area (Å²) < 4.78 is 5.72. The standard InChI is InChI=1S/C13H19ClN2O.2ClH/c1-11-10-12(2-3-13(11)14)17-9-8-16-6-4-15-5-7-16;;/h2-3,10,15H,4-9H2,1H3;2*1H. The molecule has 1 aromatic rings. The van der Waals surface area contributed by atoms with Crippen molar-refractivity contribution in [2.75, 3.05) is 39.3 Å². The highest BCUT2D eigenvalue weighted by atomic mass is 35.5. The molecule has 1 fully saturated rings. The smallest absolute Gasteiger partial charge is 0.119 e. The predicted molar refractivity (Wildman–Crippen MR) is 85.5 cm³/mol. The van der Waals surface area contributed by atoms with E-state index in [9.17, 15) is 0 Å². The number of aryl methyl sites for hydroxylation is 1. The lowest BCUT2D eigenvalue weighted by Crippen LogP contribution is -2.44. The van der Waals surface area contributed by atoms with Crippen LogP contribution in [0.15, 0.2) is 18.2 Å². The maximum Gasteiger partial charge on any atom is 0.119 e. The van der Waals surface area contributed by atoms with Crippen LogP contribution in [-0.2, 0) is 0 Å². The summed E-state index contributed by atoms with van der Waals surface area (Å²) in [7, 11) is 0. The van der Waals surface area contributed by atoms with Crippen LogP contribution in [0.25, 0.3) is 0 Å². The molecule has 2 rings (SSSR count). The van der Waals surface area contributed by atoms with E-state index in [1.54, 1.807) is 0 Å². The Kier molecular flexibility index (Phi) is 9.58. The van der Waals surface area contributed by atoms with Crippen LogP contribution in [0, 0.1) is 6.92 Å². The summed E-state index contributed by atoms with van der Waals surface area (Å²) in [4.78, 5) is 2.42. The normalized spacial score (nSPS) is 15.3. The van der Waals surface area contributed by atoms with Crippen LogP contribution in [0.5, 0.6) is 5.75 Å². The number of rotatable bonds is 4. The monoisotopic (exact) mass is 326 g/mol. The fourth-order valence-corrected chi connectivity index (χ4v) is 2.05. The maximum absolute atomic E-state index is 5.97. The van der Waals surface area contributed by atoms with Gasteiger partial charge in [-0.2, -0.15) is 0 Å². The van der Waals surface area contributed by atoms with Gasteiger partial charge in [0.2, 0.25) is 0 Å². The molecule has 3 nitrogen and oxygen atoms in total. The lowest BCUT2D eigenvalue weighted by molar-refractivity contribution is 0.191. The van der Waals surface area contributed by atoms with Gasteiger partial charge in [0, 0.05) is 37.7 Å². The minimum absolute atomic E-state index is 0. The molecule has 0 aromatic heterocycles. The van der Waals surface area contributed by atoms with Gasteiger partial charge < -0.3 is 10.1 Å². The third-order valence-corrected chi connectivity index (χ3v) is 3.44. The largest absolute Gasteiger partial charge is 0.492 e. The Bertz CT molecular complexity index is 371. The van der Waals surface area contributed by atoms with Crippen LogP contribution in [0.3, 0.4) is 0 Å². The highest BCUT2D eigenvalue weighted by Gasteiger charge is 2.08. The molecule has 110 valence electrons. The highest BCUT2D eigenvalue weighted by molar-refractivity contribution is 6.31. The van der Waals surface area contributed by atoms with Crippen molar-refractivity contribution in [2.24, 2.45) is 0 Å². The van der Waals surface area contributed by atoms with Gasteiger partial charge in [-0.25, -0.2) is 0 Å². The summed E-state index contributed by atoms with van der Waals surface area (Å²) in [5.74, 6) is 0.905. The number of ether oxygens (including phenoxy) is 1. The first-order valence-electron chi connectivity index (χ1n) is 6.08. The zero-order chi connectivity index (χ0) is 12.1. The van der Waals surface area contributed by atoms with E-state index in [1.807, 2.05) is 25.1 Å². The number of hydrogen-bond donors (Lipinski definition) is 1. The Morgan fingerprint density at radius 3 is 2.58 bits per heavy atom. The van der Waals surface area contributed by atoms with E-state index in [4.69, 9.17) is 16.3 Å². The van der Waals surface area contributed by atoms with E-state index in [-0.39, 0.29) is 24.8 Å². The zero-order valence-corrected chi connectivity index (χ0v) is 13.4. The van der Waals surface area contributed by atoms with Crippen LogP contribution in [0.1, 0.15) is 5.56 Å². The predicted octanol–water partition coefficient (Wildman–Crippen LogP) is 2.78. The van der Waals surface area contributed by atoms with E-state index in [2.05, 4.69) is 10.2 Å². The molecular formula is C13H21Cl3N2O. The second-order valence-corrected chi connectivity index (χ2v) is 4.76. The van der Waals surface area contributed by atoms with Gasteiger partial charge in [-0.05, 0) is 30.7 Å². The summed E-state index contributed by atoms with van der Waals surface area (Å²) in [5, 5.41) is 4.13. The molecule has 0 bridgehead atoms. The second-order valence-electron chi connectivity index (χ2n) is 4.35. The van der Waals surface area contributed by atoms with Crippen molar-refractivity contribution >= 4 is 36.4 Å². The van der Waals surface area contributed by atoms with Crippen molar-refractivity contribution in [2.45, 2.75) is 6.92 Å². The van der Waals surface area contributed by atoms with Gasteiger partial charge in [-0.15, -0.1) is 24.8 Å². The molecule has 1 heterocycles. The van der Waals surface area contributed by atoms with Crippen molar-refractivity contribution in [3.05, 3.63) is 28.8 Å². The first-order valence-corrected chi connectivity index (χ1v) is 6.45. The van der Waals surface area contributed by atoms with Crippen molar-refractivity contribution in [1.29, 1.82) is 0 Å². The summed E-state index contributed by atoms with van der Waals surface area (Å²) in [6, 6.07) is 5.80. The molecule has 1 aliphatic rings. The quantitative estimate of drug-likeness (QED) is 0.920. The number of nitrogens with one attached hydrogen (secondary N) is 1. The summed E-state index contributed by atoms with van der Waals surface area (Å²) in [6.45, 7) is 8.11. The number of hydrogen-bond acceptors (Lipinski definition) is 3. The third kappa shape index (κ3) is 6.19. The molecule has 0 spiro atoms. The van der Waals surface area contributed by atoms with E-state index >= 15 is 0 Å². The zero-order valence-electron chi connectivity index (χ0n) is 11.0. The lowest BCUT2D eigenvalue weighted by Gasteiger charge is -2.26. The van der Waals surface area contributed by atoms with Crippen LogP contribution >= 0.6 is 36.4 Å². The fraction of sp³-hybridized carbons (Fsp3) is 0.538. The van der Waals surface area contributed by atoms with Gasteiger partial charge in [0.1, 0.15) is 12.4 Å². The first kappa shape index (κ1) is 18.8. The lowest BCUT2D eigenvalue weighted by atomic mass is 10.2. The molecule has 1 N–H and O–H groups in total. The van der Waals surface area contributed by atoms with Crippen molar-refractivity contribution in [3.8, 4) is 5.75 Å². The van der Waals surface area contributed by atoms with Crippen LogP contribution in [0.2, 0.25) is 5.02 Å². The summed E-state index contributed by atoms with van der Waals surface area (Å²) in [6.07, 6.45) is 0. The third-order valence-electron chi connectivity index (χ3n) is 3.02. The maximum atomic E-state index is 5.97. The fourth-order valence-electron chi connectivity index (χ4n) is 1.93. The molecule has 1 aliphatic heterocycles. The van der Waals surface area contributed by atoms with Gasteiger partial charge in [-0.1, -0.05) is 11.6 Å². The molecule has 1 aromatic carbocycles. The highest BCUT2D eigenvalue weighted by Crippen LogP contribution is 2.20. The number of halogens is 3. The van der Waals surface area contributed by atoms with Crippen LogP contribution < -0.4 is 10.1 Å². The Hall–Kier alpha value is -0.190. The summed E-state index contributed by atoms with van der Waals surface area (Å²) >= 11 is 5.97. The molecule has 0 amide bonds. The molecule has 19 heavy (non-hydrogen) atoms. The minimum atomic E-state index is 0. The van der Waals surface area contributed by atoms with E-state index in [1.165, 1.54) is 0 Å². The average molecular weight is 328 g/mol. The number of piperazine rings is 1. The molecule has 0 aliphatic carbocycles. The number of benzene rings is 1. The van der Waals surface area contributed by atoms with Crippen molar-refractivity contribution in [3.63, 3.8) is 0 Å². The second kappa shape index (κ2) is 9.67. The Morgan fingerprint density at radius 2 is 1.95 bits per heavy atom. The van der Waals surface area contributed by atoms with E-state index in [0.29, 0.717) is 0 Å². The van der Waals surface area contributed by atoms with Crippen molar-refractivity contribution in [1.82, 2.24) is 10.2 Å². The Balaban J connectivity index is 0.00000162. The van der Waals surface area contributed by atoms with Crippen LogP contribution in [0.4, 0.5) is 0 Å². The molecule has 1 saturated heterocycles. The SMILES string of the molecule is Cc1cc(OCCN2CCNCC2)ccc1Cl.Cl.Cl. The van der Waals surface area contributed by atoms with Crippen molar-refractivity contribution < 1.29 is 4.74 Å². The molecule has 0 saturated carbocycles. The molecule has 6 heteroatoms. The average Bonchev–Trinajstić information content (AvgIpc) is 2.35. The van der Waals surface area contributed by atoms with E-state index in [0.717, 1.165) is 55.7 Å². The Morgan fingerprint density at radius 1 is 1.26 bits per heavy atom. The Labute approximate surface area is 132 Å². The van der Waals surface area contributed by atoms with Gasteiger partial charge in [0.15, 0.2) is 0 Å². The van der Waals surface area contributed by atoms with Gasteiger partial charge >= 0.3 is 0 Å². The molecule has 0 unspecified atom stereocenters. The topological polar surface area (TPSA) is 24.5 Å². The number of nitrogens with zero attached hydrogens (tertiary/aromatic N) is 1. The molecule has 0 radical (unpaired) electrons.